The number of hydrogen-bond donors (Lipinski definition) is 1. The molecule has 4 rings (SSSR count). The minimum Gasteiger partial charge on any atom is -0.321 e. The summed E-state index contributed by atoms with van der Waals surface area (Å²) in [4.78, 5) is 28.2. The Morgan fingerprint density at radius 2 is 1.85 bits per heavy atom. The molecule has 0 radical (unpaired) electrons. The van der Waals surface area contributed by atoms with E-state index in [1.807, 2.05) is 74.5 Å². The Balaban J connectivity index is 1.73. The van der Waals surface area contributed by atoms with Crippen LogP contribution in [0.3, 0.4) is 0 Å². The van der Waals surface area contributed by atoms with Crippen molar-refractivity contribution in [2.24, 2.45) is 0 Å². The standard InChI is InChI=1S/C27H22ClN3O2S/c1-17-11-12-18(2)23(13-17)30-25(32)22(16-29)27-31(21-9-4-3-5-10-21)26(33)24(34-27)15-19-7-6-8-20(28)14-19/h3-14,24H,15H2,1-2H3,(H,30,32)/b27-22-/t24-/m0/s1. The Bertz CT molecular complexity index is 1330. The van der Waals surface area contributed by atoms with Gasteiger partial charge < -0.3 is 5.32 Å². The first-order valence-electron chi connectivity index (χ1n) is 10.7. The molecule has 0 unspecified atom stereocenters. The predicted octanol–water partition coefficient (Wildman–Crippen LogP) is 6.02. The third-order valence-corrected chi connectivity index (χ3v) is 6.97. The number of nitrogens with zero attached hydrogens (tertiary/aromatic N) is 2. The van der Waals surface area contributed by atoms with Gasteiger partial charge >= 0.3 is 0 Å². The maximum atomic E-state index is 13.5. The molecule has 1 N–H and O–H groups in total. The number of aryl methyl sites for hydroxylation is 2. The Hall–Kier alpha value is -3.53. The van der Waals surface area contributed by atoms with Crippen LogP contribution in [-0.4, -0.2) is 17.1 Å². The summed E-state index contributed by atoms with van der Waals surface area (Å²) in [6.45, 7) is 3.82. The van der Waals surface area contributed by atoms with E-state index in [4.69, 9.17) is 11.6 Å². The van der Waals surface area contributed by atoms with Crippen molar-refractivity contribution in [3.8, 4) is 6.07 Å². The highest BCUT2D eigenvalue weighted by atomic mass is 35.5. The van der Waals surface area contributed by atoms with Gasteiger partial charge in [0.15, 0.2) is 0 Å². The van der Waals surface area contributed by atoms with Gasteiger partial charge in [0.05, 0.1) is 5.25 Å². The molecule has 0 spiro atoms. The van der Waals surface area contributed by atoms with Crippen LogP contribution in [-0.2, 0) is 16.0 Å². The largest absolute Gasteiger partial charge is 0.321 e. The Labute approximate surface area is 208 Å². The second-order valence-electron chi connectivity index (χ2n) is 8.01. The number of nitriles is 1. The average Bonchev–Trinajstić information content (AvgIpc) is 3.12. The van der Waals surface area contributed by atoms with Crippen LogP contribution in [0.2, 0.25) is 5.02 Å². The van der Waals surface area contributed by atoms with Crippen molar-refractivity contribution >= 4 is 46.6 Å². The van der Waals surface area contributed by atoms with Crippen molar-refractivity contribution in [3.63, 3.8) is 0 Å². The third kappa shape index (κ3) is 5.01. The molecule has 1 atom stereocenters. The van der Waals surface area contributed by atoms with Crippen molar-refractivity contribution in [3.05, 3.63) is 105 Å². The summed E-state index contributed by atoms with van der Waals surface area (Å²) in [6.07, 6.45) is 0.425. The summed E-state index contributed by atoms with van der Waals surface area (Å²) in [7, 11) is 0. The van der Waals surface area contributed by atoms with Crippen LogP contribution < -0.4 is 10.2 Å². The fourth-order valence-electron chi connectivity index (χ4n) is 3.73. The first-order valence-corrected chi connectivity index (χ1v) is 12.0. The molecule has 0 bridgehead atoms. The van der Waals surface area contributed by atoms with Crippen LogP contribution in [0, 0.1) is 25.2 Å². The lowest BCUT2D eigenvalue weighted by Crippen LogP contribution is -2.30. The molecule has 170 valence electrons. The predicted molar refractivity (Wildman–Crippen MR) is 138 cm³/mol. The summed E-state index contributed by atoms with van der Waals surface area (Å²) in [5.41, 5.74) is 3.92. The number of halogens is 1. The highest BCUT2D eigenvalue weighted by molar-refractivity contribution is 8.05. The van der Waals surface area contributed by atoms with Gasteiger partial charge in [0.2, 0.25) is 5.91 Å². The van der Waals surface area contributed by atoms with Crippen molar-refractivity contribution in [1.82, 2.24) is 0 Å². The molecule has 5 nitrogen and oxygen atoms in total. The molecular formula is C27H22ClN3O2S. The molecule has 34 heavy (non-hydrogen) atoms. The number of thioether (sulfide) groups is 1. The number of nitrogens with one attached hydrogen (secondary N) is 1. The maximum Gasteiger partial charge on any atom is 0.269 e. The second-order valence-corrected chi connectivity index (χ2v) is 9.64. The van der Waals surface area contributed by atoms with Gasteiger partial charge in [-0.3, -0.25) is 14.5 Å². The van der Waals surface area contributed by atoms with E-state index >= 15 is 0 Å². The molecule has 7 heteroatoms. The van der Waals surface area contributed by atoms with Crippen molar-refractivity contribution in [1.29, 1.82) is 5.26 Å². The molecule has 1 fully saturated rings. The van der Waals surface area contributed by atoms with E-state index < -0.39 is 11.2 Å². The molecule has 0 aromatic heterocycles. The number of benzene rings is 3. The van der Waals surface area contributed by atoms with E-state index in [0.717, 1.165) is 16.7 Å². The Kier molecular flexibility index (Phi) is 7.06. The normalized spacial score (nSPS) is 16.8. The molecule has 3 aromatic rings. The van der Waals surface area contributed by atoms with E-state index in [9.17, 15) is 14.9 Å². The Morgan fingerprint density at radius 1 is 1.09 bits per heavy atom. The van der Waals surface area contributed by atoms with Crippen molar-refractivity contribution < 1.29 is 9.59 Å². The molecular weight excluding hydrogens is 466 g/mol. The smallest absolute Gasteiger partial charge is 0.269 e. The highest BCUT2D eigenvalue weighted by Gasteiger charge is 2.40. The van der Waals surface area contributed by atoms with Gasteiger partial charge in [-0.15, -0.1) is 0 Å². The number of carbonyl (C=O) groups is 2. The van der Waals surface area contributed by atoms with Crippen molar-refractivity contribution in [2.75, 3.05) is 10.2 Å². The second kappa shape index (κ2) is 10.2. The molecule has 1 aliphatic heterocycles. The quantitative estimate of drug-likeness (QED) is 0.352. The van der Waals surface area contributed by atoms with E-state index in [1.54, 1.807) is 18.2 Å². The number of amides is 2. The zero-order valence-corrected chi connectivity index (χ0v) is 20.3. The van der Waals surface area contributed by atoms with E-state index in [2.05, 4.69) is 5.32 Å². The van der Waals surface area contributed by atoms with E-state index in [1.165, 1.54) is 16.7 Å². The first kappa shape index (κ1) is 23.6. The zero-order valence-electron chi connectivity index (χ0n) is 18.7. The lowest BCUT2D eigenvalue weighted by atomic mass is 10.1. The number of rotatable bonds is 5. The van der Waals surface area contributed by atoms with Crippen LogP contribution in [0.5, 0.6) is 0 Å². The monoisotopic (exact) mass is 487 g/mol. The molecule has 1 aliphatic rings. The lowest BCUT2D eigenvalue weighted by Gasteiger charge is -2.19. The first-order chi connectivity index (χ1) is 16.4. The van der Waals surface area contributed by atoms with Gasteiger partial charge in [-0.05, 0) is 67.3 Å². The molecule has 2 amide bonds. The molecule has 1 heterocycles. The maximum absolute atomic E-state index is 13.5. The number of anilines is 2. The average molecular weight is 488 g/mol. The minimum atomic E-state index is -0.546. The molecule has 1 saturated heterocycles. The lowest BCUT2D eigenvalue weighted by molar-refractivity contribution is -0.117. The van der Waals surface area contributed by atoms with E-state index in [-0.39, 0.29) is 11.5 Å². The summed E-state index contributed by atoms with van der Waals surface area (Å²) >= 11 is 7.36. The van der Waals surface area contributed by atoms with Gasteiger partial charge in [0.1, 0.15) is 16.7 Å². The Morgan fingerprint density at radius 3 is 2.56 bits per heavy atom. The molecule has 0 saturated carbocycles. The zero-order chi connectivity index (χ0) is 24.2. The molecule has 3 aromatic carbocycles. The fraction of sp³-hybridized carbons (Fsp3) is 0.148. The van der Waals surface area contributed by atoms with Gasteiger partial charge in [-0.1, -0.05) is 65.8 Å². The summed E-state index contributed by atoms with van der Waals surface area (Å²) < 4.78 is 0. The number of para-hydroxylation sites is 1. The highest BCUT2D eigenvalue weighted by Crippen LogP contribution is 2.42. The van der Waals surface area contributed by atoms with E-state index in [0.29, 0.717) is 27.8 Å². The van der Waals surface area contributed by atoms with Gasteiger partial charge in [-0.25, -0.2) is 0 Å². The molecule has 0 aliphatic carbocycles. The van der Waals surface area contributed by atoms with Crippen LogP contribution >= 0.6 is 23.4 Å². The van der Waals surface area contributed by atoms with Gasteiger partial charge in [-0.2, -0.15) is 5.26 Å². The van der Waals surface area contributed by atoms with Crippen LogP contribution in [0.1, 0.15) is 16.7 Å². The summed E-state index contributed by atoms with van der Waals surface area (Å²) in [6, 6.07) is 24.2. The number of carbonyl (C=O) groups excluding carboxylic acids is 2. The minimum absolute atomic E-state index is 0.100. The van der Waals surface area contributed by atoms with Crippen LogP contribution in [0.4, 0.5) is 11.4 Å². The summed E-state index contributed by atoms with van der Waals surface area (Å²) in [5.74, 6) is -0.728. The van der Waals surface area contributed by atoms with Gasteiger partial charge in [0, 0.05) is 16.4 Å². The topological polar surface area (TPSA) is 73.2 Å². The fourth-order valence-corrected chi connectivity index (χ4v) is 5.25. The van der Waals surface area contributed by atoms with Gasteiger partial charge in [0.25, 0.3) is 5.91 Å². The SMILES string of the molecule is Cc1ccc(C)c(NC(=O)/C(C#N)=C2\S[C@@H](Cc3cccc(Cl)c3)C(=O)N2c2ccccc2)c1. The summed E-state index contributed by atoms with van der Waals surface area (Å²) in [5, 5.41) is 13.3. The van der Waals surface area contributed by atoms with Crippen LogP contribution in [0.25, 0.3) is 0 Å². The number of hydrogen-bond acceptors (Lipinski definition) is 4. The van der Waals surface area contributed by atoms with Crippen molar-refractivity contribution in [2.45, 2.75) is 25.5 Å². The third-order valence-electron chi connectivity index (χ3n) is 5.47. The van der Waals surface area contributed by atoms with Crippen LogP contribution in [0.15, 0.2) is 83.4 Å².